The number of hydrogen-bond donors (Lipinski definition) is 2. The molecule has 0 amide bonds. The van der Waals surface area contributed by atoms with E-state index in [1.807, 2.05) is 43.3 Å². The molecule has 98 valence electrons. The van der Waals surface area contributed by atoms with Gasteiger partial charge in [-0.05, 0) is 19.3 Å². The molecule has 0 aliphatic heterocycles. The Kier molecular flexibility index (Phi) is 8.73. The van der Waals surface area contributed by atoms with E-state index in [4.69, 9.17) is 5.11 Å². The third-order valence-corrected chi connectivity index (χ3v) is 2.75. The van der Waals surface area contributed by atoms with E-state index in [-0.39, 0.29) is 12.0 Å². The Bertz CT molecular complexity index is 230. The molecule has 0 spiro atoms. The van der Waals surface area contributed by atoms with Gasteiger partial charge in [0, 0.05) is 5.92 Å². The van der Waals surface area contributed by atoms with Gasteiger partial charge in [-0.1, -0.05) is 57.2 Å². The average molecular weight is 238 g/mol. The lowest BCUT2D eigenvalue weighted by atomic mass is 9.92. The van der Waals surface area contributed by atoms with Crippen molar-refractivity contribution in [1.82, 2.24) is 0 Å². The van der Waals surface area contributed by atoms with Crippen molar-refractivity contribution in [2.24, 2.45) is 11.8 Å². The van der Waals surface area contributed by atoms with Crippen molar-refractivity contribution in [3.63, 3.8) is 0 Å². The average Bonchev–Trinajstić information content (AvgIpc) is 2.30. The molecule has 0 fully saturated rings. The number of rotatable bonds is 4. The normalized spacial score (nSPS) is 15.7. The zero-order chi connectivity index (χ0) is 13.3. The largest absolute Gasteiger partial charge is 0.393 e. The number of aliphatic hydroxyl groups excluding tert-OH is 2. The van der Waals surface area contributed by atoms with Gasteiger partial charge in [-0.15, -0.1) is 0 Å². The molecular formula is C15H26O2. The smallest absolute Gasteiger partial charge is 0.0592 e. The second-order valence-corrected chi connectivity index (χ2v) is 4.95. The summed E-state index contributed by atoms with van der Waals surface area (Å²) in [5, 5.41) is 18.6. The summed E-state index contributed by atoms with van der Waals surface area (Å²) in [6.07, 6.45) is -0.00903. The summed E-state index contributed by atoms with van der Waals surface area (Å²) in [7, 11) is 0. The maximum Gasteiger partial charge on any atom is 0.0592 e. The van der Waals surface area contributed by atoms with Crippen molar-refractivity contribution in [2.75, 3.05) is 0 Å². The van der Waals surface area contributed by atoms with Crippen LogP contribution in [-0.2, 0) is 0 Å². The maximum absolute atomic E-state index is 9.50. The van der Waals surface area contributed by atoms with E-state index in [0.29, 0.717) is 5.92 Å². The molecule has 0 bridgehead atoms. The third-order valence-electron chi connectivity index (χ3n) is 2.75. The van der Waals surface area contributed by atoms with Crippen molar-refractivity contribution in [3.05, 3.63) is 36.4 Å². The molecule has 1 rings (SSSR count). The second-order valence-electron chi connectivity index (χ2n) is 4.95. The van der Waals surface area contributed by atoms with Crippen molar-refractivity contribution in [3.8, 4) is 0 Å². The zero-order valence-electron chi connectivity index (χ0n) is 11.4. The minimum atomic E-state index is -0.413. The molecule has 1 aromatic carbocycles. The minimum absolute atomic E-state index is 0.0163. The fourth-order valence-electron chi connectivity index (χ4n) is 1.40. The van der Waals surface area contributed by atoms with Gasteiger partial charge in [-0.2, -0.15) is 0 Å². The van der Waals surface area contributed by atoms with E-state index < -0.39 is 6.10 Å². The first-order valence-corrected chi connectivity index (χ1v) is 6.31. The van der Waals surface area contributed by atoms with Crippen molar-refractivity contribution < 1.29 is 10.2 Å². The van der Waals surface area contributed by atoms with Crippen LogP contribution in [0.2, 0.25) is 0 Å². The molecule has 0 aromatic heterocycles. The predicted molar refractivity (Wildman–Crippen MR) is 72.7 cm³/mol. The Balaban J connectivity index is 0.000000354. The lowest BCUT2D eigenvalue weighted by molar-refractivity contribution is 0.0206. The molecule has 0 aliphatic carbocycles. The van der Waals surface area contributed by atoms with Crippen LogP contribution in [0.4, 0.5) is 0 Å². The van der Waals surface area contributed by atoms with Crippen LogP contribution < -0.4 is 0 Å². The molecule has 1 aromatic rings. The summed E-state index contributed by atoms with van der Waals surface area (Å²) >= 11 is 0. The maximum atomic E-state index is 9.50. The van der Waals surface area contributed by atoms with Crippen LogP contribution in [-0.4, -0.2) is 22.4 Å². The number of hydrogen-bond acceptors (Lipinski definition) is 2. The first-order chi connectivity index (χ1) is 7.95. The second kappa shape index (κ2) is 9.20. The van der Waals surface area contributed by atoms with Gasteiger partial charge in [0.05, 0.1) is 12.2 Å². The van der Waals surface area contributed by atoms with Crippen LogP contribution >= 0.6 is 0 Å². The molecule has 0 saturated carbocycles. The highest BCUT2D eigenvalue weighted by Gasteiger charge is 2.19. The van der Waals surface area contributed by atoms with E-state index in [2.05, 4.69) is 13.8 Å². The SMILES string of the molecule is CC(C)CC(O)C(C)C(C)O.c1ccccc1. The minimum Gasteiger partial charge on any atom is -0.393 e. The van der Waals surface area contributed by atoms with Crippen molar-refractivity contribution >= 4 is 0 Å². The molecule has 2 heteroatoms. The molecule has 2 nitrogen and oxygen atoms in total. The Morgan fingerprint density at radius 2 is 1.12 bits per heavy atom. The van der Waals surface area contributed by atoms with E-state index >= 15 is 0 Å². The van der Waals surface area contributed by atoms with Gasteiger partial charge in [0.1, 0.15) is 0 Å². The predicted octanol–water partition coefficient (Wildman–Crippen LogP) is 3.10. The van der Waals surface area contributed by atoms with Crippen LogP contribution in [0, 0.1) is 11.8 Å². The highest BCUT2D eigenvalue weighted by Crippen LogP contribution is 2.15. The van der Waals surface area contributed by atoms with E-state index in [1.54, 1.807) is 6.92 Å². The molecular weight excluding hydrogens is 212 g/mol. The molecule has 3 atom stereocenters. The van der Waals surface area contributed by atoms with Crippen LogP contribution in [0.5, 0.6) is 0 Å². The Morgan fingerprint density at radius 1 is 0.765 bits per heavy atom. The molecule has 3 unspecified atom stereocenters. The van der Waals surface area contributed by atoms with Crippen molar-refractivity contribution in [1.29, 1.82) is 0 Å². The highest BCUT2D eigenvalue weighted by atomic mass is 16.3. The van der Waals surface area contributed by atoms with Crippen LogP contribution in [0.15, 0.2) is 36.4 Å². The Labute approximate surface area is 105 Å². The van der Waals surface area contributed by atoms with E-state index in [0.717, 1.165) is 6.42 Å². The Morgan fingerprint density at radius 3 is 1.35 bits per heavy atom. The summed E-state index contributed by atoms with van der Waals surface area (Å²) in [4.78, 5) is 0. The monoisotopic (exact) mass is 238 g/mol. The van der Waals surface area contributed by atoms with Crippen LogP contribution in [0.1, 0.15) is 34.1 Å². The van der Waals surface area contributed by atoms with Gasteiger partial charge in [0.25, 0.3) is 0 Å². The van der Waals surface area contributed by atoms with Crippen molar-refractivity contribution in [2.45, 2.75) is 46.3 Å². The van der Waals surface area contributed by atoms with E-state index in [9.17, 15) is 5.11 Å². The topological polar surface area (TPSA) is 40.5 Å². The fraction of sp³-hybridized carbons (Fsp3) is 0.600. The summed E-state index contributed by atoms with van der Waals surface area (Å²) < 4.78 is 0. The standard InChI is InChI=1S/C9H20O2.C6H6/c1-6(2)5-9(11)7(3)8(4)10;1-2-4-6-5-3-1/h6-11H,5H2,1-4H3;1-6H. The summed E-state index contributed by atoms with van der Waals surface area (Å²) in [5.41, 5.74) is 0. The third kappa shape index (κ3) is 8.90. The zero-order valence-corrected chi connectivity index (χ0v) is 11.4. The van der Waals surface area contributed by atoms with E-state index in [1.165, 1.54) is 0 Å². The quantitative estimate of drug-likeness (QED) is 0.846. The fourth-order valence-corrected chi connectivity index (χ4v) is 1.40. The molecule has 0 saturated heterocycles. The summed E-state index contributed by atoms with van der Waals surface area (Å²) in [6.45, 7) is 7.72. The van der Waals surface area contributed by atoms with Gasteiger partial charge in [-0.25, -0.2) is 0 Å². The summed E-state index contributed by atoms with van der Waals surface area (Å²) in [6, 6.07) is 12.0. The number of benzene rings is 1. The van der Waals surface area contributed by atoms with Gasteiger partial charge < -0.3 is 10.2 Å². The Hall–Kier alpha value is -0.860. The molecule has 0 aliphatic rings. The van der Waals surface area contributed by atoms with Crippen LogP contribution in [0.25, 0.3) is 0 Å². The van der Waals surface area contributed by atoms with Crippen LogP contribution in [0.3, 0.4) is 0 Å². The molecule has 0 radical (unpaired) electrons. The van der Waals surface area contributed by atoms with Gasteiger partial charge >= 0.3 is 0 Å². The van der Waals surface area contributed by atoms with Gasteiger partial charge in [-0.3, -0.25) is 0 Å². The highest BCUT2D eigenvalue weighted by molar-refractivity contribution is 4.99. The van der Waals surface area contributed by atoms with Gasteiger partial charge in [0.2, 0.25) is 0 Å². The first kappa shape index (κ1) is 16.1. The lowest BCUT2D eigenvalue weighted by Gasteiger charge is -2.22. The molecule has 2 N–H and O–H groups in total. The first-order valence-electron chi connectivity index (χ1n) is 6.31. The molecule has 17 heavy (non-hydrogen) atoms. The lowest BCUT2D eigenvalue weighted by Crippen LogP contribution is -2.28. The number of aliphatic hydroxyl groups is 2. The van der Waals surface area contributed by atoms with Gasteiger partial charge in [0.15, 0.2) is 0 Å². The molecule has 0 heterocycles. The summed E-state index contributed by atoms with van der Waals surface area (Å²) in [5.74, 6) is 0.476.